The third-order valence-electron chi connectivity index (χ3n) is 4.93. The standard InChI is InChI=1S/C23H25BrN4O3/c1-3-4-7-12-28-23(31)18-9-6-5-8-17(18)21(27-28)22(30)25-14-20(29)26-19-11-10-16(24)13-15(19)2/h5-6,8-11,13H,3-4,7,12,14H2,1-2H3,(H,25,30)(H,26,29). The number of aryl methyl sites for hydroxylation is 2. The van der Waals surface area contributed by atoms with Gasteiger partial charge in [0.25, 0.3) is 11.5 Å². The van der Waals surface area contributed by atoms with E-state index < -0.39 is 5.91 Å². The Morgan fingerprint density at radius 2 is 1.84 bits per heavy atom. The summed E-state index contributed by atoms with van der Waals surface area (Å²) in [4.78, 5) is 37.9. The summed E-state index contributed by atoms with van der Waals surface area (Å²) in [6.07, 6.45) is 2.79. The number of nitrogens with zero attached hydrogens (tertiary/aromatic N) is 2. The molecule has 0 bridgehead atoms. The van der Waals surface area contributed by atoms with Gasteiger partial charge in [0, 0.05) is 22.1 Å². The minimum atomic E-state index is -0.497. The topological polar surface area (TPSA) is 93.1 Å². The van der Waals surface area contributed by atoms with Crippen molar-refractivity contribution in [2.24, 2.45) is 0 Å². The molecule has 0 spiro atoms. The number of benzene rings is 2. The molecule has 3 rings (SSSR count). The van der Waals surface area contributed by atoms with Crippen LogP contribution in [0, 0.1) is 6.92 Å². The highest BCUT2D eigenvalue weighted by Crippen LogP contribution is 2.20. The molecular formula is C23H25BrN4O3. The minimum Gasteiger partial charge on any atom is -0.342 e. The Labute approximate surface area is 189 Å². The van der Waals surface area contributed by atoms with Crippen molar-refractivity contribution in [3.63, 3.8) is 0 Å². The van der Waals surface area contributed by atoms with Gasteiger partial charge >= 0.3 is 0 Å². The number of rotatable bonds is 8. The highest BCUT2D eigenvalue weighted by Gasteiger charge is 2.17. The van der Waals surface area contributed by atoms with Crippen molar-refractivity contribution in [3.05, 3.63) is 68.5 Å². The molecule has 0 saturated carbocycles. The second-order valence-corrected chi connectivity index (χ2v) is 8.24. The van der Waals surface area contributed by atoms with Crippen LogP contribution in [-0.2, 0) is 11.3 Å². The van der Waals surface area contributed by atoms with Gasteiger partial charge in [-0.25, -0.2) is 4.68 Å². The van der Waals surface area contributed by atoms with Crippen molar-refractivity contribution >= 4 is 44.2 Å². The van der Waals surface area contributed by atoms with Crippen LogP contribution >= 0.6 is 15.9 Å². The number of anilines is 1. The summed E-state index contributed by atoms with van der Waals surface area (Å²) in [6.45, 7) is 4.20. The molecule has 162 valence electrons. The van der Waals surface area contributed by atoms with Gasteiger partial charge in [-0.3, -0.25) is 14.4 Å². The Hall–Kier alpha value is -3.00. The largest absolute Gasteiger partial charge is 0.342 e. The molecule has 1 aromatic heterocycles. The van der Waals surface area contributed by atoms with Gasteiger partial charge in [-0.1, -0.05) is 53.9 Å². The first-order valence-corrected chi connectivity index (χ1v) is 11.0. The van der Waals surface area contributed by atoms with Crippen molar-refractivity contribution in [1.29, 1.82) is 0 Å². The average molecular weight is 485 g/mol. The van der Waals surface area contributed by atoms with E-state index in [2.05, 4.69) is 38.6 Å². The van der Waals surface area contributed by atoms with Crippen LogP contribution in [0.5, 0.6) is 0 Å². The third-order valence-corrected chi connectivity index (χ3v) is 5.42. The van der Waals surface area contributed by atoms with Gasteiger partial charge in [-0.05, 0) is 43.2 Å². The molecule has 0 aliphatic heterocycles. The first-order valence-electron chi connectivity index (χ1n) is 10.2. The number of unbranched alkanes of at least 4 members (excludes halogenated alkanes) is 2. The second kappa shape index (κ2) is 10.3. The zero-order valence-electron chi connectivity index (χ0n) is 17.6. The number of hydrogen-bond donors (Lipinski definition) is 2. The van der Waals surface area contributed by atoms with Gasteiger partial charge in [0.2, 0.25) is 5.91 Å². The third kappa shape index (κ3) is 5.58. The first-order chi connectivity index (χ1) is 14.9. The van der Waals surface area contributed by atoms with Gasteiger partial charge in [-0.15, -0.1) is 0 Å². The lowest BCUT2D eigenvalue weighted by atomic mass is 10.1. The molecule has 0 aliphatic rings. The lowest BCUT2D eigenvalue weighted by Gasteiger charge is -2.12. The Bertz CT molecular complexity index is 1170. The molecule has 0 atom stereocenters. The summed E-state index contributed by atoms with van der Waals surface area (Å²) in [5.41, 5.74) is 1.50. The van der Waals surface area contributed by atoms with E-state index >= 15 is 0 Å². The summed E-state index contributed by atoms with van der Waals surface area (Å²) < 4.78 is 2.27. The van der Waals surface area contributed by atoms with Crippen molar-refractivity contribution in [2.45, 2.75) is 39.7 Å². The fourth-order valence-electron chi connectivity index (χ4n) is 3.27. The molecule has 2 amide bonds. The van der Waals surface area contributed by atoms with Crippen molar-refractivity contribution < 1.29 is 9.59 Å². The second-order valence-electron chi connectivity index (χ2n) is 7.32. The molecular weight excluding hydrogens is 460 g/mol. The Morgan fingerprint density at radius 1 is 1.10 bits per heavy atom. The fraction of sp³-hybridized carbons (Fsp3) is 0.304. The summed E-state index contributed by atoms with van der Waals surface area (Å²) >= 11 is 3.39. The molecule has 3 aromatic rings. The maximum atomic E-state index is 12.8. The van der Waals surface area contributed by atoms with Crippen molar-refractivity contribution in [3.8, 4) is 0 Å². The fourth-order valence-corrected chi connectivity index (χ4v) is 3.75. The molecule has 2 aromatic carbocycles. The molecule has 7 nitrogen and oxygen atoms in total. The summed E-state index contributed by atoms with van der Waals surface area (Å²) in [5, 5.41) is 10.6. The van der Waals surface area contributed by atoms with Gasteiger partial charge in [0.15, 0.2) is 5.69 Å². The minimum absolute atomic E-state index is 0.138. The molecule has 0 unspecified atom stereocenters. The summed E-state index contributed by atoms with van der Waals surface area (Å²) in [6, 6.07) is 12.4. The molecule has 8 heteroatoms. The number of carbonyl (C=O) groups excluding carboxylic acids is 2. The molecule has 0 radical (unpaired) electrons. The van der Waals surface area contributed by atoms with Gasteiger partial charge in [-0.2, -0.15) is 5.10 Å². The molecule has 0 saturated heterocycles. The number of amides is 2. The van der Waals surface area contributed by atoms with Crippen LogP contribution in [0.2, 0.25) is 0 Å². The monoisotopic (exact) mass is 484 g/mol. The van der Waals surface area contributed by atoms with Crippen molar-refractivity contribution in [2.75, 3.05) is 11.9 Å². The predicted octanol–water partition coefficient (Wildman–Crippen LogP) is 4.03. The first kappa shape index (κ1) is 22.7. The Balaban J connectivity index is 1.77. The number of halogens is 1. The van der Waals surface area contributed by atoms with E-state index in [1.54, 1.807) is 30.3 Å². The number of fused-ring (bicyclic) bond motifs is 1. The van der Waals surface area contributed by atoms with E-state index in [0.29, 0.717) is 23.0 Å². The van der Waals surface area contributed by atoms with Crippen molar-refractivity contribution in [1.82, 2.24) is 15.1 Å². The number of hydrogen-bond acceptors (Lipinski definition) is 4. The molecule has 31 heavy (non-hydrogen) atoms. The van der Waals surface area contributed by atoms with Gasteiger partial charge < -0.3 is 10.6 Å². The number of nitrogens with one attached hydrogen (secondary N) is 2. The highest BCUT2D eigenvalue weighted by molar-refractivity contribution is 9.10. The predicted molar refractivity (Wildman–Crippen MR) is 125 cm³/mol. The zero-order valence-corrected chi connectivity index (χ0v) is 19.2. The lowest BCUT2D eigenvalue weighted by Crippen LogP contribution is -2.35. The summed E-state index contributed by atoms with van der Waals surface area (Å²) in [7, 11) is 0. The van der Waals surface area contributed by atoms with Crippen LogP contribution in [0.15, 0.2) is 51.7 Å². The van der Waals surface area contributed by atoms with Crippen LogP contribution in [-0.4, -0.2) is 28.1 Å². The highest BCUT2D eigenvalue weighted by atomic mass is 79.9. The van der Waals surface area contributed by atoms with E-state index in [4.69, 9.17) is 0 Å². The van der Waals surface area contributed by atoms with E-state index in [1.807, 2.05) is 19.1 Å². The van der Waals surface area contributed by atoms with Gasteiger partial charge in [0.05, 0.1) is 11.9 Å². The molecule has 0 aliphatic carbocycles. The maximum Gasteiger partial charge on any atom is 0.274 e. The SMILES string of the molecule is CCCCCn1nc(C(=O)NCC(=O)Nc2ccc(Br)cc2C)c2ccccc2c1=O. The van der Waals surface area contributed by atoms with Crippen LogP contribution < -0.4 is 16.2 Å². The number of carbonyl (C=O) groups is 2. The van der Waals surface area contributed by atoms with E-state index in [0.717, 1.165) is 29.3 Å². The Kier molecular flexibility index (Phi) is 7.57. The van der Waals surface area contributed by atoms with Crippen LogP contribution in [0.25, 0.3) is 10.8 Å². The normalized spacial score (nSPS) is 10.8. The molecule has 2 N–H and O–H groups in total. The smallest absolute Gasteiger partial charge is 0.274 e. The van der Waals surface area contributed by atoms with E-state index in [9.17, 15) is 14.4 Å². The maximum absolute atomic E-state index is 12.8. The quantitative estimate of drug-likeness (QED) is 0.472. The van der Waals surface area contributed by atoms with E-state index in [1.165, 1.54) is 4.68 Å². The molecule has 1 heterocycles. The van der Waals surface area contributed by atoms with Crippen LogP contribution in [0.3, 0.4) is 0 Å². The Morgan fingerprint density at radius 3 is 2.55 bits per heavy atom. The lowest BCUT2D eigenvalue weighted by molar-refractivity contribution is -0.115. The van der Waals surface area contributed by atoms with Crippen LogP contribution in [0.4, 0.5) is 5.69 Å². The van der Waals surface area contributed by atoms with Crippen LogP contribution in [0.1, 0.15) is 42.2 Å². The van der Waals surface area contributed by atoms with E-state index in [-0.39, 0.29) is 23.7 Å². The summed E-state index contributed by atoms with van der Waals surface area (Å²) in [5.74, 6) is -0.845. The zero-order chi connectivity index (χ0) is 22.4. The van der Waals surface area contributed by atoms with Gasteiger partial charge in [0.1, 0.15) is 0 Å². The average Bonchev–Trinajstić information content (AvgIpc) is 2.76. The number of aromatic nitrogens is 2. The molecule has 0 fully saturated rings.